The second-order valence-corrected chi connectivity index (χ2v) is 8.45. The van der Waals surface area contributed by atoms with Gasteiger partial charge in [-0.2, -0.15) is 31.4 Å². The highest BCUT2D eigenvalue weighted by Crippen LogP contribution is 2.47. The standard InChI is InChI=1S/C23H22F6N6O2/c1-3-8-33(9-4-2)12-18(36)34-16-10-14(22(24,25)26)15(23(27,28)29)11-17(16)35-20(31-32-21(35)37)13-6-5-7-30-19(13)34/h5-7,10-11H,3-4,8-9,12H2,1-2H3,(H,32,37). The average Bonchev–Trinajstić information content (AvgIpc) is 3.13. The zero-order chi connectivity index (χ0) is 27.1. The molecule has 1 amide bonds. The monoisotopic (exact) mass is 528 g/mol. The van der Waals surface area contributed by atoms with Gasteiger partial charge in [0.05, 0.1) is 34.6 Å². The quantitative estimate of drug-likeness (QED) is 0.467. The summed E-state index contributed by atoms with van der Waals surface area (Å²) in [6.45, 7) is 4.57. The van der Waals surface area contributed by atoms with Crippen LogP contribution in [-0.4, -0.2) is 50.2 Å². The summed E-state index contributed by atoms with van der Waals surface area (Å²) < 4.78 is 83.8. The largest absolute Gasteiger partial charge is 0.417 e. The number of carbonyl (C=O) groups excluding carboxylic acids is 1. The summed E-state index contributed by atoms with van der Waals surface area (Å²) in [4.78, 5) is 33.1. The van der Waals surface area contributed by atoms with Gasteiger partial charge in [-0.15, -0.1) is 0 Å². The lowest BCUT2D eigenvalue weighted by Crippen LogP contribution is -2.39. The van der Waals surface area contributed by atoms with Gasteiger partial charge in [0.1, 0.15) is 0 Å². The Labute approximate surface area is 206 Å². The van der Waals surface area contributed by atoms with Gasteiger partial charge in [0.2, 0.25) is 5.91 Å². The molecule has 198 valence electrons. The van der Waals surface area contributed by atoms with E-state index in [1.807, 2.05) is 13.8 Å². The molecule has 1 aromatic carbocycles. The highest BCUT2D eigenvalue weighted by molar-refractivity contribution is 6.06. The number of rotatable bonds is 6. The predicted octanol–water partition coefficient (Wildman–Crippen LogP) is 4.76. The Morgan fingerprint density at radius 1 is 1.00 bits per heavy atom. The number of alkyl halides is 6. The van der Waals surface area contributed by atoms with Crippen molar-refractivity contribution in [3.8, 4) is 17.1 Å². The first-order valence-corrected chi connectivity index (χ1v) is 11.4. The van der Waals surface area contributed by atoms with E-state index < -0.39 is 46.5 Å². The molecule has 0 fully saturated rings. The van der Waals surface area contributed by atoms with E-state index in [0.717, 1.165) is 4.90 Å². The summed E-state index contributed by atoms with van der Waals surface area (Å²) >= 11 is 0. The Balaban J connectivity index is 2.06. The number of hydrogen-bond acceptors (Lipinski definition) is 5. The van der Waals surface area contributed by atoms with Gasteiger partial charge >= 0.3 is 18.0 Å². The van der Waals surface area contributed by atoms with Crippen molar-refractivity contribution in [3.63, 3.8) is 0 Å². The molecular weight excluding hydrogens is 506 g/mol. The molecular formula is C23H22F6N6O2. The molecule has 0 aliphatic carbocycles. The number of aromatic amines is 1. The number of hydrogen-bond donors (Lipinski definition) is 1. The van der Waals surface area contributed by atoms with Gasteiger partial charge in [0, 0.05) is 6.20 Å². The molecule has 8 nitrogen and oxygen atoms in total. The number of pyridine rings is 1. The fourth-order valence-electron chi connectivity index (χ4n) is 4.39. The number of H-pyrrole nitrogens is 1. The molecule has 1 aliphatic heterocycles. The van der Waals surface area contributed by atoms with Gasteiger partial charge < -0.3 is 0 Å². The molecule has 1 aliphatic rings. The fraction of sp³-hybridized carbons (Fsp3) is 0.391. The number of nitrogens with zero attached hydrogens (tertiary/aromatic N) is 5. The van der Waals surface area contributed by atoms with Crippen molar-refractivity contribution in [1.82, 2.24) is 24.6 Å². The minimum absolute atomic E-state index is 0.0741. The fourth-order valence-corrected chi connectivity index (χ4v) is 4.39. The van der Waals surface area contributed by atoms with E-state index in [1.54, 1.807) is 4.90 Å². The van der Waals surface area contributed by atoms with Crippen molar-refractivity contribution in [1.29, 1.82) is 0 Å². The lowest BCUT2D eigenvalue weighted by molar-refractivity contribution is -0.162. The summed E-state index contributed by atoms with van der Waals surface area (Å²) in [7, 11) is 0. The third kappa shape index (κ3) is 4.84. The van der Waals surface area contributed by atoms with Crippen LogP contribution in [-0.2, 0) is 17.1 Å². The van der Waals surface area contributed by atoms with Crippen molar-refractivity contribution in [2.75, 3.05) is 24.5 Å². The van der Waals surface area contributed by atoms with E-state index in [2.05, 4.69) is 15.2 Å². The van der Waals surface area contributed by atoms with Crippen LogP contribution in [0, 0.1) is 0 Å². The lowest BCUT2D eigenvalue weighted by atomic mass is 10.0. The van der Waals surface area contributed by atoms with Crippen LogP contribution in [0.3, 0.4) is 0 Å². The summed E-state index contributed by atoms with van der Waals surface area (Å²) in [5, 5.41) is 5.98. The Kier molecular flexibility index (Phi) is 6.88. The molecule has 2 aromatic heterocycles. The van der Waals surface area contributed by atoms with Crippen LogP contribution < -0.4 is 10.6 Å². The van der Waals surface area contributed by atoms with Crippen molar-refractivity contribution in [3.05, 3.63) is 52.1 Å². The number of fused-ring (bicyclic) bond motifs is 5. The molecule has 0 atom stereocenters. The van der Waals surface area contributed by atoms with Gasteiger partial charge in [-0.05, 0) is 50.2 Å². The minimum Gasteiger partial charge on any atom is -0.295 e. The summed E-state index contributed by atoms with van der Waals surface area (Å²) in [6, 6.07) is 3.34. The number of benzene rings is 1. The molecule has 0 saturated heterocycles. The second kappa shape index (κ2) is 9.65. The van der Waals surface area contributed by atoms with E-state index in [4.69, 9.17) is 0 Å². The van der Waals surface area contributed by atoms with Crippen molar-refractivity contribution in [2.24, 2.45) is 0 Å². The van der Waals surface area contributed by atoms with Crippen molar-refractivity contribution < 1.29 is 31.1 Å². The maximum absolute atomic E-state index is 13.9. The van der Waals surface area contributed by atoms with Crippen LogP contribution in [0.2, 0.25) is 0 Å². The Bertz CT molecular complexity index is 1370. The zero-order valence-corrected chi connectivity index (χ0v) is 19.7. The van der Waals surface area contributed by atoms with Gasteiger partial charge in [0.15, 0.2) is 11.6 Å². The molecule has 0 bridgehead atoms. The summed E-state index contributed by atoms with van der Waals surface area (Å²) in [5.74, 6) is -1.08. The minimum atomic E-state index is -5.41. The van der Waals surface area contributed by atoms with Crippen LogP contribution in [0.25, 0.3) is 17.1 Å². The van der Waals surface area contributed by atoms with Gasteiger partial charge in [-0.1, -0.05) is 13.8 Å². The average molecular weight is 528 g/mol. The van der Waals surface area contributed by atoms with Gasteiger partial charge in [-0.25, -0.2) is 19.4 Å². The molecule has 1 N–H and O–H groups in total. The van der Waals surface area contributed by atoms with Crippen LogP contribution >= 0.6 is 0 Å². The third-order valence-electron chi connectivity index (χ3n) is 5.81. The van der Waals surface area contributed by atoms with Crippen LogP contribution in [0.4, 0.5) is 37.8 Å². The number of amides is 1. The van der Waals surface area contributed by atoms with Crippen molar-refractivity contribution in [2.45, 2.75) is 39.0 Å². The molecule has 0 radical (unpaired) electrons. The first kappa shape index (κ1) is 26.4. The number of anilines is 2. The topological polar surface area (TPSA) is 87.1 Å². The number of carbonyl (C=O) groups is 1. The Morgan fingerprint density at radius 3 is 2.16 bits per heavy atom. The maximum Gasteiger partial charge on any atom is 0.417 e. The van der Waals surface area contributed by atoms with Gasteiger partial charge in [-0.3, -0.25) is 14.6 Å². The summed E-state index contributed by atoms with van der Waals surface area (Å²) in [5.41, 5.74) is -6.06. The SMILES string of the molecule is CCCN(CCC)CC(=O)N1c2cc(C(F)(F)F)c(C(F)(F)F)cc2-n2c(n[nH]c2=O)-c2cccnc21. The molecule has 14 heteroatoms. The van der Waals surface area contributed by atoms with E-state index in [0.29, 0.717) is 30.5 Å². The third-order valence-corrected chi connectivity index (χ3v) is 5.81. The number of aromatic nitrogens is 4. The zero-order valence-electron chi connectivity index (χ0n) is 19.7. The molecule has 3 aromatic rings. The highest BCUT2D eigenvalue weighted by atomic mass is 19.4. The van der Waals surface area contributed by atoms with Crippen LogP contribution in [0.15, 0.2) is 35.3 Å². The van der Waals surface area contributed by atoms with Gasteiger partial charge in [0.25, 0.3) is 0 Å². The van der Waals surface area contributed by atoms with Crippen LogP contribution in [0.5, 0.6) is 0 Å². The first-order chi connectivity index (χ1) is 17.4. The molecule has 37 heavy (non-hydrogen) atoms. The first-order valence-electron chi connectivity index (χ1n) is 11.4. The predicted molar refractivity (Wildman–Crippen MR) is 122 cm³/mol. The normalized spacial score (nSPS) is 13.3. The second-order valence-electron chi connectivity index (χ2n) is 8.45. The highest BCUT2D eigenvalue weighted by Gasteiger charge is 2.46. The Morgan fingerprint density at radius 2 is 1.59 bits per heavy atom. The lowest BCUT2D eigenvalue weighted by Gasteiger charge is -2.28. The van der Waals surface area contributed by atoms with E-state index in [-0.39, 0.29) is 35.9 Å². The molecule has 0 spiro atoms. The van der Waals surface area contributed by atoms with Crippen LogP contribution in [0.1, 0.15) is 37.8 Å². The molecule has 0 saturated carbocycles. The molecule has 0 unspecified atom stereocenters. The van der Waals surface area contributed by atoms with E-state index in [9.17, 15) is 35.9 Å². The molecule has 4 rings (SSSR count). The maximum atomic E-state index is 13.9. The smallest absolute Gasteiger partial charge is 0.295 e. The van der Waals surface area contributed by atoms with Crippen molar-refractivity contribution >= 4 is 17.4 Å². The van der Waals surface area contributed by atoms with E-state index >= 15 is 0 Å². The summed E-state index contributed by atoms with van der Waals surface area (Å²) in [6.07, 6.45) is -8.15. The molecule has 3 heterocycles. The number of nitrogens with one attached hydrogen (secondary N) is 1. The number of halogens is 6. The van der Waals surface area contributed by atoms with E-state index in [1.165, 1.54) is 18.3 Å². The Hall–Kier alpha value is -3.68.